The molecule has 6 heteroatoms. The third-order valence-electron chi connectivity index (χ3n) is 2.69. The van der Waals surface area contributed by atoms with Crippen molar-refractivity contribution in [2.45, 2.75) is 6.92 Å². The maximum absolute atomic E-state index is 13.7. The third kappa shape index (κ3) is 3.14. The minimum absolute atomic E-state index is 0.0831. The van der Waals surface area contributed by atoms with Gasteiger partial charge in [0.1, 0.15) is 5.82 Å². The Morgan fingerprint density at radius 3 is 2.60 bits per heavy atom. The maximum Gasteiger partial charge on any atom is 0.259 e. The topological polar surface area (TPSA) is 29.1 Å². The maximum atomic E-state index is 13.7. The Kier molecular flexibility index (Phi) is 4.68. The Balaban J connectivity index is 2.35. The van der Waals surface area contributed by atoms with Crippen LogP contribution in [-0.2, 0) is 0 Å². The third-order valence-corrected chi connectivity index (χ3v) is 4.07. The molecule has 0 aliphatic rings. The van der Waals surface area contributed by atoms with Crippen LogP contribution in [0.25, 0.3) is 0 Å². The summed E-state index contributed by atoms with van der Waals surface area (Å²) in [6.07, 6.45) is 0. The molecule has 0 bridgehead atoms. The number of hydrogen-bond donors (Lipinski definition) is 1. The van der Waals surface area contributed by atoms with Crippen LogP contribution >= 0.6 is 39.1 Å². The highest BCUT2D eigenvalue weighted by atomic mass is 79.9. The molecule has 104 valence electrons. The predicted molar refractivity (Wildman–Crippen MR) is 83.3 cm³/mol. The highest BCUT2D eigenvalue weighted by Gasteiger charge is 2.17. The Bertz CT molecular complexity index is 671. The average Bonchev–Trinajstić information content (AvgIpc) is 2.35. The molecule has 0 saturated carbocycles. The number of halogens is 4. The number of carbonyl (C=O) groups is 1. The molecule has 0 heterocycles. The number of hydrogen-bond acceptors (Lipinski definition) is 1. The normalized spacial score (nSPS) is 10.4. The number of aryl methyl sites for hydroxylation is 1. The molecule has 1 amide bonds. The van der Waals surface area contributed by atoms with Crippen LogP contribution in [0.15, 0.2) is 34.8 Å². The average molecular weight is 377 g/mol. The molecule has 0 aromatic heterocycles. The Labute approximate surface area is 134 Å². The summed E-state index contributed by atoms with van der Waals surface area (Å²) < 4.78 is 14.1. The number of benzene rings is 2. The fourth-order valence-corrected chi connectivity index (χ4v) is 2.59. The number of rotatable bonds is 2. The van der Waals surface area contributed by atoms with E-state index in [1.54, 1.807) is 19.1 Å². The zero-order chi connectivity index (χ0) is 14.9. The van der Waals surface area contributed by atoms with Crippen molar-refractivity contribution in [1.82, 2.24) is 0 Å². The largest absolute Gasteiger partial charge is 0.320 e. The molecule has 0 saturated heterocycles. The van der Waals surface area contributed by atoms with Crippen molar-refractivity contribution < 1.29 is 9.18 Å². The minimum atomic E-state index is -0.619. The molecule has 0 spiro atoms. The first-order chi connectivity index (χ1) is 9.40. The van der Waals surface area contributed by atoms with E-state index >= 15 is 0 Å². The van der Waals surface area contributed by atoms with Crippen molar-refractivity contribution in [3.8, 4) is 0 Å². The van der Waals surface area contributed by atoms with E-state index in [9.17, 15) is 9.18 Å². The lowest BCUT2D eigenvalue weighted by Gasteiger charge is -2.11. The van der Waals surface area contributed by atoms with Crippen molar-refractivity contribution in [2.24, 2.45) is 0 Å². The van der Waals surface area contributed by atoms with E-state index in [0.717, 1.165) is 5.56 Å². The molecule has 2 rings (SSSR count). The van der Waals surface area contributed by atoms with Crippen LogP contribution in [0, 0.1) is 12.7 Å². The van der Waals surface area contributed by atoms with Crippen molar-refractivity contribution in [3.63, 3.8) is 0 Å². The Morgan fingerprint density at radius 2 is 1.95 bits per heavy atom. The highest BCUT2D eigenvalue weighted by Crippen LogP contribution is 2.30. The van der Waals surface area contributed by atoms with Gasteiger partial charge in [-0.1, -0.05) is 29.3 Å². The number of carbonyl (C=O) groups excluding carboxylic acids is 1. The van der Waals surface area contributed by atoms with Gasteiger partial charge in [0.15, 0.2) is 0 Å². The van der Waals surface area contributed by atoms with Crippen LogP contribution in [0.4, 0.5) is 10.1 Å². The monoisotopic (exact) mass is 375 g/mol. The van der Waals surface area contributed by atoms with Gasteiger partial charge in [-0.2, -0.15) is 0 Å². The van der Waals surface area contributed by atoms with Crippen LogP contribution < -0.4 is 5.32 Å². The lowest BCUT2D eigenvalue weighted by atomic mass is 10.2. The van der Waals surface area contributed by atoms with Crippen LogP contribution in [0.1, 0.15) is 15.9 Å². The van der Waals surface area contributed by atoms with Gasteiger partial charge in [-0.15, -0.1) is 0 Å². The molecule has 20 heavy (non-hydrogen) atoms. The zero-order valence-electron chi connectivity index (χ0n) is 10.3. The van der Waals surface area contributed by atoms with Crippen molar-refractivity contribution in [2.75, 3.05) is 5.32 Å². The SMILES string of the molecule is Cc1cc(Cl)c(NC(=O)c2c(F)cccc2Br)cc1Cl. The summed E-state index contributed by atoms with van der Waals surface area (Å²) in [5.41, 5.74) is 1.05. The summed E-state index contributed by atoms with van der Waals surface area (Å²) in [4.78, 5) is 12.1. The van der Waals surface area contributed by atoms with E-state index in [-0.39, 0.29) is 5.56 Å². The standard InChI is InChI=1S/C14H9BrCl2FNO/c1-7-5-10(17)12(6-9(7)16)19-14(20)13-8(15)3-2-4-11(13)18/h2-6H,1H3,(H,19,20). The summed E-state index contributed by atoms with van der Waals surface area (Å²) in [7, 11) is 0. The van der Waals surface area contributed by atoms with E-state index in [1.165, 1.54) is 18.2 Å². The molecule has 2 nitrogen and oxygen atoms in total. The molecule has 2 aromatic rings. The van der Waals surface area contributed by atoms with Crippen molar-refractivity contribution >= 4 is 50.7 Å². The molecular weight excluding hydrogens is 368 g/mol. The van der Waals surface area contributed by atoms with Gasteiger partial charge in [-0.3, -0.25) is 4.79 Å². The van der Waals surface area contributed by atoms with Gasteiger partial charge in [0.05, 0.1) is 16.3 Å². The first-order valence-corrected chi connectivity index (χ1v) is 7.16. The molecule has 0 unspecified atom stereocenters. The van der Waals surface area contributed by atoms with Gasteiger partial charge in [0.2, 0.25) is 0 Å². The number of anilines is 1. The molecule has 0 atom stereocenters. The van der Waals surface area contributed by atoms with E-state index in [0.29, 0.717) is 20.2 Å². The summed E-state index contributed by atoms with van der Waals surface area (Å²) in [5.74, 6) is -1.22. The van der Waals surface area contributed by atoms with Crippen LogP contribution in [-0.4, -0.2) is 5.91 Å². The second-order valence-electron chi connectivity index (χ2n) is 4.13. The number of nitrogens with one attached hydrogen (secondary N) is 1. The minimum Gasteiger partial charge on any atom is -0.320 e. The summed E-state index contributed by atoms with van der Waals surface area (Å²) in [5, 5.41) is 3.36. The first-order valence-electron chi connectivity index (χ1n) is 5.61. The second kappa shape index (κ2) is 6.12. The molecule has 0 fully saturated rings. The lowest BCUT2D eigenvalue weighted by Crippen LogP contribution is -2.15. The molecule has 1 N–H and O–H groups in total. The summed E-state index contributed by atoms with van der Waals surface area (Å²) in [6.45, 7) is 1.80. The molecule has 2 aromatic carbocycles. The van der Waals surface area contributed by atoms with Crippen LogP contribution in [0.3, 0.4) is 0 Å². The van der Waals surface area contributed by atoms with Crippen molar-refractivity contribution in [1.29, 1.82) is 0 Å². The predicted octanol–water partition coefficient (Wildman–Crippen LogP) is 5.46. The first kappa shape index (κ1) is 15.3. The quantitative estimate of drug-likeness (QED) is 0.741. The molecule has 0 radical (unpaired) electrons. The summed E-state index contributed by atoms with van der Waals surface area (Å²) >= 11 is 15.2. The van der Waals surface area contributed by atoms with Gasteiger partial charge in [0.25, 0.3) is 5.91 Å². The highest BCUT2D eigenvalue weighted by molar-refractivity contribution is 9.10. The van der Waals surface area contributed by atoms with Gasteiger partial charge in [0, 0.05) is 9.50 Å². The molecule has 0 aliphatic heterocycles. The van der Waals surface area contributed by atoms with Gasteiger partial charge < -0.3 is 5.32 Å². The van der Waals surface area contributed by atoms with Crippen LogP contribution in [0.2, 0.25) is 10.0 Å². The van der Waals surface area contributed by atoms with Gasteiger partial charge >= 0.3 is 0 Å². The second-order valence-corrected chi connectivity index (χ2v) is 5.80. The van der Waals surface area contributed by atoms with Gasteiger partial charge in [-0.05, 0) is 52.7 Å². The van der Waals surface area contributed by atoms with E-state index in [1.807, 2.05) is 0 Å². The summed E-state index contributed by atoms with van der Waals surface area (Å²) in [6, 6.07) is 7.47. The van der Waals surface area contributed by atoms with E-state index < -0.39 is 11.7 Å². The molecule has 0 aliphatic carbocycles. The van der Waals surface area contributed by atoms with Gasteiger partial charge in [-0.25, -0.2) is 4.39 Å². The fourth-order valence-electron chi connectivity index (χ4n) is 1.64. The van der Waals surface area contributed by atoms with Crippen LogP contribution in [0.5, 0.6) is 0 Å². The Hall–Kier alpha value is -1.10. The smallest absolute Gasteiger partial charge is 0.259 e. The van der Waals surface area contributed by atoms with Crippen molar-refractivity contribution in [3.05, 3.63) is 61.8 Å². The zero-order valence-corrected chi connectivity index (χ0v) is 13.4. The fraction of sp³-hybridized carbons (Fsp3) is 0.0714. The Morgan fingerprint density at radius 1 is 1.25 bits per heavy atom. The molecular formula is C14H9BrCl2FNO. The number of amides is 1. The van der Waals surface area contributed by atoms with E-state index in [4.69, 9.17) is 23.2 Å². The van der Waals surface area contributed by atoms with E-state index in [2.05, 4.69) is 21.2 Å². The lowest BCUT2D eigenvalue weighted by molar-refractivity contribution is 0.102.